The molecule has 0 aromatic heterocycles. The average Bonchev–Trinajstić information content (AvgIpc) is 2.50. The third kappa shape index (κ3) is 9.30. The molecule has 0 aliphatic carbocycles. The number of hydrogen-bond donors (Lipinski definition) is 1. The molecular formula is C21H32ClNO4S. The van der Waals surface area contributed by atoms with Gasteiger partial charge in [-0.25, -0.2) is 4.79 Å². The number of halogens is 1. The number of amides is 1. The van der Waals surface area contributed by atoms with Gasteiger partial charge in [-0.05, 0) is 79.7 Å². The number of carbonyl (C=O) groups is 2. The van der Waals surface area contributed by atoms with Crippen LogP contribution in [0.5, 0.6) is 0 Å². The Balaban J connectivity index is 2.88. The minimum atomic E-state index is -0.904. The zero-order valence-electron chi connectivity index (χ0n) is 18.0. The first-order valence-corrected chi connectivity index (χ1v) is 10.6. The zero-order valence-corrected chi connectivity index (χ0v) is 19.5. The lowest BCUT2D eigenvalue weighted by molar-refractivity contribution is -0.166. The molecule has 0 unspecified atom stereocenters. The Morgan fingerprint density at radius 2 is 1.54 bits per heavy atom. The van der Waals surface area contributed by atoms with Crippen LogP contribution in [-0.4, -0.2) is 40.5 Å². The SMILES string of the molecule is C[C@H](Sc1ccc(Cl)cc1)C(=O)N[C@@H](C(=O)OC(C)(C)C)[C@@H](C)OC(C)(C)C. The van der Waals surface area contributed by atoms with E-state index in [1.807, 2.05) is 32.9 Å². The summed E-state index contributed by atoms with van der Waals surface area (Å²) in [5.74, 6) is -0.776. The second-order valence-electron chi connectivity index (χ2n) is 8.67. The fraction of sp³-hybridized carbons (Fsp3) is 0.619. The number of rotatable bonds is 7. The van der Waals surface area contributed by atoms with Gasteiger partial charge in [0.2, 0.25) is 5.91 Å². The maximum absolute atomic E-state index is 12.7. The molecule has 0 fully saturated rings. The summed E-state index contributed by atoms with van der Waals surface area (Å²) in [7, 11) is 0. The fourth-order valence-corrected chi connectivity index (χ4v) is 3.40. The van der Waals surface area contributed by atoms with Crippen LogP contribution < -0.4 is 5.32 Å². The van der Waals surface area contributed by atoms with Crippen LogP contribution in [0, 0.1) is 0 Å². The van der Waals surface area contributed by atoms with Crippen molar-refractivity contribution < 1.29 is 19.1 Å². The molecule has 7 heteroatoms. The molecule has 1 aromatic rings. The van der Waals surface area contributed by atoms with E-state index in [1.54, 1.807) is 46.8 Å². The van der Waals surface area contributed by atoms with Gasteiger partial charge in [0.1, 0.15) is 5.60 Å². The number of benzene rings is 1. The fourth-order valence-electron chi connectivity index (χ4n) is 2.40. The second kappa shape index (κ2) is 9.99. The van der Waals surface area contributed by atoms with E-state index in [9.17, 15) is 9.59 Å². The summed E-state index contributed by atoms with van der Waals surface area (Å²) < 4.78 is 11.4. The first-order valence-electron chi connectivity index (χ1n) is 9.31. The lowest BCUT2D eigenvalue weighted by Crippen LogP contribution is -2.53. The van der Waals surface area contributed by atoms with Crippen molar-refractivity contribution in [3.8, 4) is 0 Å². The van der Waals surface area contributed by atoms with E-state index in [4.69, 9.17) is 21.1 Å². The smallest absolute Gasteiger partial charge is 0.331 e. The van der Waals surface area contributed by atoms with E-state index in [2.05, 4.69) is 5.32 Å². The third-order valence-electron chi connectivity index (χ3n) is 3.46. The highest BCUT2D eigenvalue weighted by molar-refractivity contribution is 8.00. The molecule has 0 aliphatic rings. The Hall–Kier alpha value is -1.24. The van der Waals surface area contributed by atoms with Crippen molar-refractivity contribution in [1.82, 2.24) is 5.32 Å². The molecule has 0 aliphatic heterocycles. The van der Waals surface area contributed by atoms with E-state index >= 15 is 0 Å². The van der Waals surface area contributed by atoms with Crippen LogP contribution in [0.25, 0.3) is 0 Å². The number of nitrogens with one attached hydrogen (secondary N) is 1. The summed E-state index contributed by atoms with van der Waals surface area (Å²) >= 11 is 7.29. The topological polar surface area (TPSA) is 64.6 Å². The van der Waals surface area contributed by atoms with Crippen LogP contribution in [0.1, 0.15) is 55.4 Å². The van der Waals surface area contributed by atoms with Gasteiger partial charge in [0.15, 0.2) is 6.04 Å². The Morgan fingerprint density at radius 3 is 2.00 bits per heavy atom. The van der Waals surface area contributed by atoms with Crippen LogP contribution in [0.2, 0.25) is 5.02 Å². The Morgan fingerprint density at radius 1 is 1.00 bits per heavy atom. The molecule has 0 spiro atoms. The minimum Gasteiger partial charge on any atom is -0.458 e. The van der Waals surface area contributed by atoms with E-state index < -0.39 is 34.6 Å². The van der Waals surface area contributed by atoms with Gasteiger partial charge in [-0.3, -0.25) is 4.79 Å². The molecule has 158 valence electrons. The van der Waals surface area contributed by atoms with Gasteiger partial charge in [-0.15, -0.1) is 11.8 Å². The molecule has 0 heterocycles. The summed E-state index contributed by atoms with van der Waals surface area (Å²) in [5, 5.41) is 3.04. The second-order valence-corrected chi connectivity index (χ2v) is 10.5. The van der Waals surface area contributed by atoms with Crippen molar-refractivity contribution in [2.24, 2.45) is 0 Å². The molecule has 28 heavy (non-hydrogen) atoms. The normalized spacial score (nSPS) is 15.5. The Labute approximate surface area is 177 Å². The lowest BCUT2D eigenvalue weighted by atomic mass is 10.1. The van der Waals surface area contributed by atoms with Gasteiger partial charge in [-0.1, -0.05) is 11.6 Å². The molecule has 1 aromatic carbocycles. The summed E-state index contributed by atoms with van der Waals surface area (Å²) in [6.07, 6.45) is -0.550. The van der Waals surface area contributed by atoms with Gasteiger partial charge in [0, 0.05) is 9.92 Å². The predicted octanol–water partition coefficient (Wildman–Crippen LogP) is 4.85. The molecule has 3 atom stereocenters. The maximum Gasteiger partial charge on any atom is 0.331 e. The van der Waals surface area contributed by atoms with E-state index in [-0.39, 0.29) is 5.91 Å². The van der Waals surface area contributed by atoms with Crippen molar-refractivity contribution in [3.63, 3.8) is 0 Å². The van der Waals surface area contributed by atoms with Gasteiger partial charge in [0.25, 0.3) is 0 Å². The molecule has 1 amide bonds. The van der Waals surface area contributed by atoms with Crippen molar-refractivity contribution in [3.05, 3.63) is 29.3 Å². The first-order chi connectivity index (χ1) is 12.7. The summed E-state index contributed by atoms with van der Waals surface area (Å²) in [6, 6.07) is 6.36. The predicted molar refractivity (Wildman–Crippen MR) is 115 cm³/mol. The monoisotopic (exact) mass is 429 g/mol. The van der Waals surface area contributed by atoms with Crippen molar-refractivity contribution in [1.29, 1.82) is 0 Å². The van der Waals surface area contributed by atoms with Crippen molar-refractivity contribution in [2.45, 2.75) is 88.9 Å². The summed E-state index contributed by atoms with van der Waals surface area (Å²) in [6.45, 7) is 14.6. The van der Waals surface area contributed by atoms with E-state index in [0.29, 0.717) is 5.02 Å². The summed E-state index contributed by atoms with van der Waals surface area (Å²) in [4.78, 5) is 26.4. The number of carbonyl (C=O) groups excluding carboxylic acids is 2. The molecule has 5 nitrogen and oxygen atoms in total. The average molecular weight is 430 g/mol. The first kappa shape index (κ1) is 24.8. The van der Waals surface area contributed by atoms with Crippen LogP contribution in [-0.2, 0) is 19.1 Å². The summed E-state index contributed by atoms with van der Waals surface area (Å²) in [5.41, 5.74) is -1.13. The molecule has 0 saturated heterocycles. The van der Waals surface area contributed by atoms with Crippen LogP contribution >= 0.6 is 23.4 Å². The number of thioether (sulfide) groups is 1. The number of ether oxygens (including phenoxy) is 2. The van der Waals surface area contributed by atoms with Gasteiger partial charge in [0.05, 0.1) is 17.0 Å². The Bertz CT molecular complexity index is 664. The third-order valence-corrected chi connectivity index (χ3v) is 4.83. The minimum absolute atomic E-state index is 0.264. The number of hydrogen-bond acceptors (Lipinski definition) is 5. The highest BCUT2D eigenvalue weighted by atomic mass is 35.5. The largest absolute Gasteiger partial charge is 0.458 e. The number of esters is 1. The molecular weight excluding hydrogens is 398 g/mol. The quantitative estimate of drug-likeness (QED) is 0.495. The maximum atomic E-state index is 12.7. The molecule has 1 rings (SSSR count). The lowest BCUT2D eigenvalue weighted by Gasteiger charge is -2.32. The van der Waals surface area contributed by atoms with Crippen LogP contribution in [0.3, 0.4) is 0 Å². The Kier molecular flexibility index (Phi) is 8.85. The van der Waals surface area contributed by atoms with Crippen molar-refractivity contribution in [2.75, 3.05) is 0 Å². The molecule has 0 saturated carbocycles. The molecule has 0 bridgehead atoms. The van der Waals surface area contributed by atoms with Gasteiger partial charge in [-0.2, -0.15) is 0 Å². The van der Waals surface area contributed by atoms with Crippen LogP contribution in [0.4, 0.5) is 0 Å². The van der Waals surface area contributed by atoms with E-state index in [0.717, 1.165) is 4.90 Å². The van der Waals surface area contributed by atoms with Gasteiger partial charge < -0.3 is 14.8 Å². The van der Waals surface area contributed by atoms with Crippen molar-refractivity contribution >= 4 is 35.2 Å². The standard InChI is InChI=1S/C21H32ClNO4S/c1-13(26-20(3,4)5)17(19(25)27-21(6,7)8)23-18(24)14(2)28-16-11-9-15(22)10-12-16/h9-14,17H,1-8H3,(H,23,24)/t13-,14+,17-/m1/s1. The van der Waals surface area contributed by atoms with Gasteiger partial charge >= 0.3 is 5.97 Å². The zero-order chi connectivity index (χ0) is 21.7. The highest BCUT2D eigenvalue weighted by Gasteiger charge is 2.35. The highest BCUT2D eigenvalue weighted by Crippen LogP contribution is 2.25. The molecule has 0 radical (unpaired) electrons. The van der Waals surface area contributed by atoms with E-state index in [1.165, 1.54) is 11.8 Å². The van der Waals surface area contributed by atoms with Crippen LogP contribution in [0.15, 0.2) is 29.2 Å². The molecule has 1 N–H and O–H groups in total.